The fraction of sp³-hybridized carbons (Fsp3) is 0.636. The molecule has 1 rings (SSSR count). The third kappa shape index (κ3) is 3.82. The number of imidazole rings is 1. The molecule has 0 aliphatic carbocycles. The summed E-state index contributed by atoms with van der Waals surface area (Å²) in [6.45, 7) is 4.82. The first-order valence-corrected chi connectivity index (χ1v) is 7.40. The topological polar surface area (TPSA) is 87.8 Å². The normalized spacial score (nSPS) is 11.4. The van der Waals surface area contributed by atoms with Crippen LogP contribution in [0.2, 0.25) is 0 Å². The first-order valence-electron chi connectivity index (χ1n) is 5.91. The molecule has 0 spiro atoms. The number of rotatable bonds is 7. The maximum atomic E-state index is 11.9. The molecule has 0 aliphatic rings. The van der Waals surface area contributed by atoms with E-state index in [1.165, 1.54) is 0 Å². The second-order valence-corrected chi connectivity index (χ2v) is 5.69. The Kier molecular flexibility index (Phi) is 5.31. The molecule has 0 saturated carbocycles. The molecule has 0 aliphatic heterocycles. The average molecular weight is 270 g/mol. The molecule has 1 heterocycles. The smallest absolute Gasteiger partial charge is 0.259 e. The Bertz CT molecular complexity index is 528. The van der Waals surface area contributed by atoms with E-state index in [0.29, 0.717) is 18.7 Å². The highest BCUT2D eigenvalue weighted by molar-refractivity contribution is 7.89. The minimum Gasteiger partial charge on any atom is -0.334 e. The molecular formula is C11H18N4O2S. The molecule has 0 aromatic carbocycles. The number of aryl methyl sites for hydroxylation is 2. The maximum Gasteiger partial charge on any atom is 0.259 e. The Labute approximate surface area is 108 Å². The van der Waals surface area contributed by atoms with Gasteiger partial charge in [-0.05, 0) is 19.8 Å². The highest BCUT2D eigenvalue weighted by atomic mass is 32.2. The lowest BCUT2D eigenvalue weighted by atomic mass is 10.3. The molecule has 0 radical (unpaired) electrons. The number of sulfonamides is 1. The van der Waals surface area contributed by atoms with Crippen molar-refractivity contribution in [2.75, 3.05) is 6.54 Å². The van der Waals surface area contributed by atoms with Crippen molar-refractivity contribution >= 4 is 10.0 Å². The minimum atomic E-state index is -3.55. The summed E-state index contributed by atoms with van der Waals surface area (Å²) >= 11 is 0. The Morgan fingerprint density at radius 1 is 1.56 bits per heavy atom. The van der Waals surface area contributed by atoms with Crippen LogP contribution in [-0.2, 0) is 16.6 Å². The van der Waals surface area contributed by atoms with Crippen molar-refractivity contribution in [2.24, 2.45) is 0 Å². The van der Waals surface area contributed by atoms with Crippen molar-refractivity contribution in [3.63, 3.8) is 0 Å². The summed E-state index contributed by atoms with van der Waals surface area (Å²) in [5.41, 5.74) is 0. The molecule has 0 fully saturated rings. The van der Waals surface area contributed by atoms with Crippen LogP contribution in [-0.4, -0.2) is 24.5 Å². The van der Waals surface area contributed by atoms with E-state index < -0.39 is 10.0 Å². The van der Waals surface area contributed by atoms with Crippen molar-refractivity contribution < 1.29 is 8.42 Å². The van der Waals surface area contributed by atoms with E-state index in [-0.39, 0.29) is 11.6 Å². The molecule has 6 nitrogen and oxygen atoms in total. The molecule has 1 aromatic heterocycles. The number of nitrogens with zero attached hydrogens (tertiary/aromatic N) is 3. The van der Waals surface area contributed by atoms with Crippen LogP contribution in [0.3, 0.4) is 0 Å². The van der Waals surface area contributed by atoms with Crippen LogP contribution < -0.4 is 4.72 Å². The molecule has 0 saturated heterocycles. The van der Waals surface area contributed by atoms with Gasteiger partial charge in [-0.25, -0.2) is 18.1 Å². The molecule has 0 bridgehead atoms. The van der Waals surface area contributed by atoms with Crippen LogP contribution in [0.25, 0.3) is 0 Å². The molecule has 7 heteroatoms. The number of hydrogen-bond acceptors (Lipinski definition) is 4. The zero-order valence-electron chi connectivity index (χ0n) is 10.7. The van der Waals surface area contributed by atoms with Crippen molar-refractivity contribution in [3.05, 3.63) is 12.0 Å². The van der Waals surface area contributed by atoms with Crippen LogP contribution in [0.5, 0.6) is 0 Å². The van der Waals surface area contributed by atoms with Crippen molar-refractivity contribution in [3.8, 4) is 6.07 Å². The number of aromatic nitrogens is 2. The van der Waals surface area contributed by atoms with Crippen LogP contribution in [0, 0.1) is 18.3 Å². The molecular weight excluding hydrogens is 252 g/mol. The lowest BCUT2D eigenvalue weighted by Gasteiger charge is -2.02. The van der Waals surface area contributed by atoms with E-state index in [2.05, 4.69) is 9.71 Å². The summed E-state index contributed by atoms with van der Waals surface area (Å²) in [5, 5.41) is 8.42. The van der Waals surface area contributed by atoms with Gasteiger partial charge >= 0.3 is 0 Å². The number of unbranched alkanes of at least 4 members (excludes halogenated alkanes) is 1. The lowest BCUT2D eigenvalue weighted by molar-refractivity contribution is 0.576. The molecule has 0 amide bonds. The van der Waals surface area contributed by atoms with Crippen LogP contribution in [0.4, 0.5) is 0 Å². The monoisotopic (exact) mass is 270 g/mol. The van der Waals surface area contributed by atoms with Gasteiger partial charge in [-0.1, -0.05) is 6.92 Å². The third-order valence-electron chi connectivity index (χ3n) is 2.45. The fourth-order valence-electron chi connectivity index (χ4n) is 1.52. The average Bonchev–Trinajstić information content (AvgIpc) is 2.68. The SMILES string of the molecule is CCCn1cc(S(=O)(=O)NCCCC#N)nc1C. The van der Waals surface area contributed by atoms with E-state index in [4.69, 9.17) is 5.26 Å². The molecule has 18 heavy (non-hydrogen) atoms. The van der Waals surface area contributed by atoms with Gasteiger partial charge in [-0.2, -0.15) is 5.26 Å². The maximum absolute atomic E-state index is 11.9. The standard InChI is InChI=1S/C11H18N4O2S/c1-3-8-15-9-11(14-10(15)2)18(16,17)13-7-5-4-6-12/h9,13H,3-5,7-8H2,1-2H3. The molecule has 1 aromatic rings. The van der Waals surface area contributed by atoms with E-state index in [1.54, 1.807) is 13.1 Å². The van der Waals surface area contributed by atoms with E-state index in [9.17, 15) is 8.42 Å². The van der Waals surface area contributed by atoms with Gasteiger partial charge in [0, 0.05) is 25.7 Å². The Hall–Kier alpha value is -1.39. The summed E-state index contributed by atoms with van der Waals surface area (Å²) in [6, 6.07) is 1.97. The van der Waals surface area contributed by atoms with Crippen LogP contribution >= 0.6 is 0 Å². The molecule has 1 N–H and O–H groups in total. The summed E-state index contributed by atoms with van der Waals surface area (Å²) in [4.78, 5) is 4.05. The van der Waals surface area contributed by atoms with E-state index in [1.807, 2.05) is 17.6 Å². The van der Waals surface area contributed by atoms with E-state index in [0.717, 1.165) is 13.0 Å². The Balaban J connectivity index is 2.73. The van der Waals surface area contributed by atoms with Gasteiger partial charge in [-0.15, -0.1) is 0 Å². The lowest BCUT2D eigenvalue weighted by Crippen LogP contribution is -2.25. The van der Waals surface area contributed by atoms with Crippen molar-refractivity contribution in [1.29, 1.82) is 5.26 Å². The summed E-state index contributed by atoms with van der Waals surface area (Å²) in [6.07, 6.45) is 3.31. The van der Waals surface area contributed by atoms with Crippen molar-refractivity contribution in [2.45, 2.75) is 44.7 Å². The van der Waals surface area contributed by atoms with Gasteiger partial charge < -0.3 is 4.57 Å². The van der Waals surface area contributed by atoms with Crippen LogP contribution in [0.15, 0.2) is 11.2 Å². The highest BCUT2D eigenvalue weighted by Gasteiger charge is 2.18. The number of nitriles is 1. The Morgan fingerprint density at radius 3 is 2.89 bits per heavy atom. The highest BCUT2D eigenvalue weighted by Crippen LogP contribution is 2.09. The summed E-state index contributed by atoms with van der Waals surface area (Å²) in [5.74, 6) is 0.689. The molecule has 0 unspecified atom stereocenters. The second-order valence-electron chi connectivity index (χ2n) is 3.98. The first-order chi connectivity index (χ1) is 8.51. The summed E-state index contributed by atoms with van der Waals surface area (Å²) in [7, 11) is -3.55. The van der Waals surface area contributed by atoms with Gasteiger partial charge in [0.25, 0.3) is 10.0 Å². The zero-order chi connectivity index (χ0) is 13.6. The van der Waals surface area contributed by atoms with Gasteiger partial charge in [0.2, 0.25) is 0 Å². The molecule has 100 valence electrons. The zero-order valence-corrected chi connectivity index (χ0v) is 11.5. The first kappa shape index (κ1) is 14.7. The predicted octanol–water partition coefficient (Wildman–Crippen LogP) is 1.18. The van der Waals surface area contributed by atoms with Crippen LogP contribution in [0.1, 0.15) is 32.0 Å². The molecule has 0 atom stereocenters. The predicted molar refractivity (Wildman–Crippen MR) is 67.3 cm³/mol. The van der Waals surface area contributed by atoms with Gasteiger partial charge in [-0.3, -0.25) is 0 Å². The fourth-order valence-corrected chi connectivity index (χ4v) is 2.60. The Morgan fingerprint density at radius 2 is 2.28 bits per heavy atom. The van der Waals surface area contributed by atoms with Gasteiger partial charge in [0.05, 0.1) is 6.07 Å². The van der Waals surface area contributed by atoms with Gasteiger partial charge in [0.15, 0.2) is 5.03 Å². The van der Waals surface area contributed by atoms with E-state index >= 15 is 0 Å². The third-order valence-corrected chi connectivity index (χ3v) is 3.78. The quantitative estimate of drug-likeness (QED) is 0.754. The largest absolute Gasteiger partial charge is 0.334 e. The number of nitrogens with one attached hydrogen (secondary N) is 1. The number of hydrogen-bond donors (Lipinski definition) is 1. The summed E-state index contributed by atoms with van der Waals surface area (Å²) < 4.78 is 28.1. The second kappa shape index (κ2) is 6.52. The van der Waals surface area contributed by atoms with Gasteiger partial charge in [0.1, 0.15) is 5.82 Å². The minimum absolute atomic E-state index is 0.0467. The van der Waals surface area contributed by atoms with Crippen molar-refractivity contribution in [1.82, 2.24) is 14.3 Å².